The molecule has 0 aliphatic rings. The predicted octanol–water partition coefficient (Wildman–Crippen LogP) is 4.01. The molecule has 0 aromatic heterocycles. The standard InChI is InChI=1S/C26H36FN3O4S/c1-6-23(26(32)28-19(2)3)29(18-21-13-8-7-12-20(21)4)25(31)16-11-17-30(35(5,33)34)24-15-10-9-14-22(24)27/h7-10,12-15,19,23H,6,11,16-18H2,1-5H3,(H,28,32). The summed E-state index contributed by atoms with van der Waals surface area (Å²) in [6.45, 7) is 7.73. The molecule has 0 bridgehead atoms. The fourth-order valence-corrected chi connectivity index (χ4v) is 4.87. The molecule has 192 valence electrons. The summed E-state index contributed by atoms with van der Waals surface area (Å²) in [6.07, 6.45) is 1.63. The minimum atomic E-state index is -3.76. The Morgan fingerprint density at radius 1 is 1.06 bits per heavy atom. The summed E-state index contributed by atoms with van der Waals surface area (Å²) in [5.41, 5.74) is 1.88. The van der Waals surface area contributed by atoms with Gasteiger partial charge in [-0.15, -0.1) is 0 Å². The van der Waals surface area contributed by atoms with E-state index in [-0.39, 0.29) is 49.5 Å². The normalized spacial score (nSPS) is 12.3. The van der Waals surface area contributed by atoms with E-state index in [1.807, 2.05) is 52.0 Å². The molecule has 1 unspecified atom stereocenters. The second kappa shape index (κ2) is 12.7. The van der Waals surface area contributed by atoms with Gasteiger partial charge in [0.05, 0.1) is 11.9 Å². The van der Waals surface area contributed by atoms with Gasteiger partial charge in [0.2, 0.25) is 21.8 Å². The van der Waals surface area contributed by atoms with Crippen molar-refractivity contribution in [2.24, 2.45) is 0 Å². The van der Waals surface area contributed by atoms with E-state index in [1.165, 1.54) is 18.2 Å². The van der Waals surface area contributed by atoms with Crippen molar-refractivity contribution in [3.05, 3.63) is 65.5 Å². The first kappa shape index (κ1) is 28.3. The fourth-order valence-electron chi connectivity index (χ4n) is 3.91. The monoisotopic (exact) mass is 505 g/mol. The topological polar surface area (TPSA) is 86.8 Å². The second-order valence-corrected chi connectivity index (χ2v) is 10.8. The number of nitrogens with zero attached hydrogens (tertiary/aromatic N) is 2. The summed E-state index contributed by atoms with van der Waals surface area (Å²) in [5, 5.41) is 2.89. The lowest BCUT2D eigenvalue weighted by molar-refractivity contribution is -0.141. The van der Waals surface area contributed by atoms with E-state index in [4.69, 9.17) is 0 Å². The minimum Gasteiger partial charge on any atom is -0.352 e. The number of carbonyl (C=O) groups is 2. The first-order chi connectivity index (χ1) is 16.5. The van der Waals surface area contributed by atoms with Gasteiger partial charge in [-0.25, -0.2) is 12.8 Å². The number of para-hydroxylation sites is 1. The third-order valence-corrected chi connectivity index (χ3v) is 6.87. The van der Waals surface area contributed by atoms with Crippen molar-refractivity contribution in [2.45, 2.75) is 65.6 Å². The number of anilines is 1. The highest BCUT2D eigenvalue weighted by Crippen LogP contribution is 2.23. The molecule has 1 atom stereocenters. The maximum absolute atomic E-state index is 14.3. The van der Waals surface area contributed by atoms with Crippen LogP contribution in [0.15, 0.2) is 48.5 Å². The van der Waals surface area contributed by atoms with Gasteiger partial charge in [0.15, 0.2) is 0 Å². The lowest BCUT2D eigenvalue weighted by atomic mass is 10.0. The van der Waals surface area contributed by atoms with Crippen LogP contribution in [-0.4, -0.2) is 50.0 Å². The average molecular weight is 506 g/mol. The number of hydrogen-bond acceptors (Lipinski definition) is 4. The van der Waals surface area contributed by atoms with Crippen LogP contribution < -0.4 is 9.62 Å². The van der Waals surface area contributed by atoms with Crippen molar-refractivity contribution in [2.75, 3.05) is 17.1 Å². The molecular formula is C26H36FN3O4S. The molecule has 0 aliphatic carbocycles. The van der Waals surface area contributed by atoms with Crippen LogP contribution in [0.1, 0.15) is 51.2 Å². The number of amides is 2. The van der Waals surface area contributed by atoms with E-state index in [2.05, 4.69) is 5.32 Å². The molecule has 9 heteroatoms. The molecule has 0 aliphatic heterocycles. The second-order valence-electron chi connectivity index (χ2n) is 8.93. The summed E-state index contributed by atoms with van der Waals surface area (Å²) >= 11 is 0. The molecule has 2 aromatic rings. The zero-order chi connectivity index (χ0) is 26.2. The Bertz CT molecular complexity index is 1120. The number of rotatable bonds is 12. The first-order valence-electron chi connectivity index (χ1n) is 11.8. The summed E-state index contributed by atoms with van der Waals surface area (Å²) in [7, 11) is -3.76. The van der Waals surface area contributed by atoms with Crippen molar-refractivity contribution >= 4 is 27.5 Å². The van der Waals surface area contributed by atoms with Gasteiger partial charge in [-0.2, -0.15) is 0 Å². The molecule has 7 nitrogen and oxygen atoms in total. The minimum absolute atomic E-state index is 0.0117. The van der Waals surface area contributed by atoms with Gasteiger partial charge in [0.1, 0.15) is 11.9 Å². The van der Waals surface area contributed by atoms with Gasteiger partial charge in [-0.3, -0.25) is 13.9 Å². The average Bonchev–Trinajstić information content (AvgIpc) is 2.77. The lowest BCUT2D eigenvalue weighted by Gasteiger charge is -2.32. The first-order valence-corrected chi connectivity index (χ1v) is 13.7. The van der Waals surface area contributed by atoms with Crippen molar-refractivity contribution in [1.82, 2.24) is 10.2 Å². The van der Waals surface area contributed by atoms with Crippen molar-refractivity contribution in [3.8, 4) is 0 Å². The molecule has 0 saturated carbocycles. The molecule has 2 aromatic carbocycles. The van der Waals surface area contributed by atoms with Gasteiger partial charge in [-0.05, 0) is 56.9 Å². The van der Waals surface area contributed by atoms with E-state index in [1.54, 1.807) is 11.0 Å². The SMILES string of the molecule is CCC(C(=O)NC(C)C)N(Cc1ccccc1C)C(=O)CCCN(c1ccccc1F)S(C)(=O)=O. The van der Waals surface area contributed by atoms with Gasteiger partial charge < -0.3 is 10.2 Å². The molecule has 0 spiro atoms. The quantitative estimate of drug-likeness (QED) is 0.472. The van der Waals surface area contributed by atoms with E-state index >= 15 is 0 Å². The van der Waals surface area contributed by atoms with Crippen LogP contribution in [0.2, 0.25) is 0 Å². The Labute approximate surface area is 208 Å². The van der Waals surface area contributed by atoms with Gasteiger partial charge in [0.25, 0.3) is 0 Å². The van der Waals surface area contributed by atoms with Gasteiger partial charge in [0, 0.05) is 25.6 Å². The molecule has 2 amide bonds. The summed E-state index contributed by atoms with van der Waals surface area (Å²) in [6, 6.07) is 12.6. The molecule has 35 heavy (non-hydrogen) atoms. The predicted molar refractivity (Wildman–Crippen MR) is 137 cm³/mol. The highest BCUT2D eigenvalue weighted by Gasteiger charge is 2.29. The lowest BCUT2D eigenvalue weighted by Crippen LogP contribution is -2.50. The van der Waals surface area contributed by atoms with E-state index in [9.17, 15) is 22.4 Å². The smallest absolute Gasteiger partial charge is 0.243 e. The van der Waals surface area contributed by atoms with Crippen LogP contribution in [0.25, 0.3) is 0 Å². The number of benzene rings is 2. The van der Waals surface area contributed by atoms with Crippen LogP contribution in [0, 0.1) is 12.7 Å². The molecule has 0 fully saturated rings. The van der Waals surface area contributed by atoms with Gasteiger partial charge >= 0.3 is 0 Å². The largest absolute Gasteiger partial charge is 0.352 e. The number of halogens is 1. The fraction of sp³-hybridized carbons (Fsp3) is 0.462. The zero-order valence-electron chi connectivity index (χ0n) is 21.1. The maximum atomic E-state index is 14.3. The van der Waals surface area contributed by atoms with Crippen molar-refractivity contribution < 1.29 is 22.4 Å². The van der Waals surface area contributed by atoms with E-state index in [0.717, 1.165) is 21.7 Å². The number of aryl methyl sites for hydroxylation is 1. The highest BCUT2D eigenvalue weighted by molar-refractivity contribution is 7.92. The maximum Gasteiger partial charge on any atom is 0.243 e. The van der Waals surface area contributed by atoms with E-state index < -0.39 is 21.9 Å². The molecule has 0 saturated heterocycles. The Hall–Kier alpha value is -2.94. The summed E-state index contributed by atoms with van der Waals surface area (Å²) < 4.78 is 39.9. The Morgan fingerprint density at radius 3 is 2.26 bits per heavy atom. The van der Waals surface area contributed by atoms with Crippen LogP contribution in [0.5, 0.6) is 0 Å². The van der Waals surface area contributed by atoms with Crippen LogP contribution in [0.3, 0.4) is 0 Å². The Balaban J connectivity index is 2.24. The summed E-state index contributed by atoms with van der Waals surface area (Å²) in [5.74, 6) is -1.14. The van der Waals surface area contributed by atoms with Crippen molar-refractivity contribution in [3.63, 3.8) is 0 Å². The van der Waals surface area contributed by atoms with Crippen LogP contribution >= 0.6 is 0 Å². The Morgan fingerprint density at radius 2 is 1.69 bits per heavy atom. The van der Waals surface area contributed by atoms with Crippen molar-refractivity contribution in [1.29, 1.82) is 0 Å². The summed E-state index contributed by atoms with van der Waals surface area (Å²) in [4.78, 5) is 27.9. The molecule has 2 rings (SSSR count). The van der Waals surface area contributed by atoms with Gasteiger partial charge in [-0.1, -0.05) is 43.3 Å². The van der Waals surface area contributed by atoms with Crippen LogP contribution in [0.4, 0.5) is 10.1 Å². The third-order valence-electron chi connectivity index (χ3n) is 5.69. The molecular weight excluding hydrogens is 469 g/mol. The third kappa shape index (κ3) is 8.06. The zero-order valence-corrected chi connectivity index (χ0v) is 21.9. The van der Waals surface area contributed by atoms with Crippen LogP contribution in [-0.2, 0) is 26.2 Å². The Kier molecular flexibility index (Phi) is 10.2. The highest BCUT2D eigenvalue weighted by atomic mass is 32.2. The number of carbonyl (C=O) groups excluding carboxylic acids is 2. The molecule has 1 N–H and O–H groups in total. The molecule has 0 heterocycles. The molecule has 0 radical (unpaired) electrons. The number of hydrogen-bond donors (Lipinski definition) is 1. The number of sulfonamides is 1. The number of nitrogens with one attached hydrogen (secondary N) is 1. The van der Waals surface area contributed by atoms with E-state index in [0.29, 0.717) is 6.42 Å².